The van der Waals surface area contributed by atoms with Gasteiger partial charge in [-0.2, -0.15) is 0 Å². The second-order valence-corrected chi connectivity index (χ2v) is 6.49. The monoisotopic (exact) mass is 261 g/mol. The van der Waals surface area contributed by atoms with Gasteiger partial charge in [-0.3, -0.25) is 0 Å². The van der Waals surface area contributed by atoms with Gasteiger partial charge in [0.05, 0.1) is 0 Å². The summed E-state index contributed by atoms with van der Waals surface area (Å²) in [6, 6.07) is 8.70. The largest absolute Gasteiger partial charge is 0.385 e. The van der Waals surface area contributed by atoms with Gasteiger partial charge in [-0.15, -0.1) is 0 Å². The number of rotatable bonds is 8. The van der Waals surface area contributed by atoms with Crippen LogP contribution in [0.25, 0.3) is 0 Å². The molecule has 1 aromatic rings. The van der Waals surface area contributed by atoms with Crippen molar-refractivity contribution in [3.63, 3.8) is 0 Å². The van der Waals surface area contributed by atoms with Crippen molar-refractivity contribution in [3.8, 4) is 0 Å². The second kappa shape index (κ2) is 8.24. The van der Waals surface area contributed by atoms with Gasteiger partial charge in [0, 0.05) is 12.2 Å². The van der Waals surface area contributed by atoms with Crippen molar-refractivity contribution in [1.29, 1.82) is 0 Å². The molecule has 1 N–H and O–H groups in total. The third-order valence-corrected chi connectivity index (χ3v) is 3.58. The van der Waals surface area contributed by atoms with E-state index in [0.29, 0.717) is 0 Å². The van der Waals surface area contributed by atoms with Crippen LogP contribution >= 0.6 is 0 Å². The molecule has 0 aliphatic heterocycles. The molecule has 0 unspecified atom stereocenters. The van der Waals surface area contributed by atoms with Gasteiger partial charge in [-0.05, 0) is 23.5 Å². The van der Waals surface area contributed by atoms with Crippen LogP contribution < -0.4 is 5.32 Å². The highest BCUT2D eigenvalue weighted by Gasteiger charge is 2.16. The minimum atomic E-state index is 0.213. The number of hydrogen-bond acceptors (Lipinski definition) is 1. The minimum absolute atomic E-state index is 0.213. The summed E-state index contributed by atoms with van der Waals surface area (Å²) in [5, 5.41) is 3.61. The molecular weight excluding hydrogens is 230 g/mol. The van der Waals surface area contributed by atoms with Gasteiger partial charge < -0.3 is 5.32 Å². The van der Waals surface area contributed by atoms with Crippen molar-refractivity contribution in [2.24, 2.45) is 0 Å². The fraction of sp³-hybridized carbons (Fsp3) is 0.667. The number of hydrogen-bond donors (Lipinski definition) is 1. The van der Waals surface area contributed by atoms with Crippen molar-refractivity contribution in [1.82, 2.24) is 0 Å². The lowest BCUT2D eigenvalue weighted by atomic mass is 9.86. The number of nitrogens with one attached hydrogen (secondary N) is 1. The van der Waals surface area contributed by atoms with Crippen LogP contribution in [0.4, 0.5) is 5.69 Å². The third kappa shape index (κ3) is 6.13. The van der Waals surface area contributed by atoms with E-state index >= 15 is 0 Å². The third-order valence-electron chi connectivity index (χ3n) is 3.58. The zero-order chi connectivity index (χ0) is 14.1. The molecule has 0 fully saturated rings. The number of benzene rings is 1. The molecular formula is C18H31N. The molecule has 1 aromatic carbocycles. The molecule has 1 rings (SSSR count). The topological polar surface area (TPSA) is 12.0 Å². The standard InChI is InChI=1S/C18H31N/c1-5-6-7-8-9-12-15-19-17-14-11-10-13-16(17)18(2,3)4/h10-11,13-14,19H,5-9,12,15H2,1-4H3. The van der Waals surface area contributed by atoms with Crippen LogP contribution in [0.1, 0.15) is 71.8 Å². The molecule has 1 nitrogen and oxygen atoms in total. The Hall–Kier alpha value is -0.980. The molecule has 0 atom stereocenters. The second-order valence-electron chi connectivity index (χ2n) is 6.49. The van der Waals surface area contributed by atoms with Gasteiger partial charge in [0.1, 0.15) is 0 Å². The Bertz CT molecular complexity index is 349. The fourth-order valence-electron chi connectivity index (χ4n) is 2.42. The van der Waals surface area contributed by atoms with Gasteiger partial charge >= 0.3 is 0 Å². The first-order valence-corrected chi connectivity index (χ1v) is 7.89. The smallest absolute Gasteiger partial charge is 0.0378 e. The van der Waals surface area contributed by atoms with Crippen LogP contribution in [0.15, 0.2) is 24.3 Å². The Balaban J connectivity index is 2.33. The van der Waals surface area contributed by atoms with E-state index in [-0.39, 0.29) is 5.41 Å². The summed E-state index contributed by atoms with van der Waals surface area (Å²) in [6.07, 6.45) is 8.13. The Labute approximate surface area is 119 Å². The zero-order valence-corrected chi connectivity index (χ0v) is 13.3. The maximum absolute atomic E-state index is 3.61. The molecule has 19 heavy (non-hydrogen) atoms. The lowest BCUT2D eigenvalue weighted by molar-refractivity contribution is 0.590. The van der Waals surface area contributed by atoms with Gasteiger partial charge in [-0.25, -0.2) is 0 Å². The molecule has 0 amide bonds. The molecule has 0 aromatic heterocycles. The maximum atomic E-state index is 3.61. The van der Waals surface area contributed by atoms with E-state index in [1.54, 1.807) is 0 Å². The van der Waals surface area contributed by atoms with Crippen molar-refractivity contribution >= 4 is 5.69 Å². The van der Waals surface area contributed by atoms with E-state index in [0.717, 1.165) is 6.54 Å². The van der Waals surface area contributed by atoms with Gasteiger partial charge in [0.25, 0.3) is 0 Å². The van der Waals surface area contributed by atoms with Crippen molar-refractivity contribution in [3.05, 3.63) is 29.8 Å². The molecule has 0 spiro atoms. The summed E-state index contributed by atoms with van der Waals surface area (Å²) in [6.45, 7) is 10.2. The molecule has 0 radical (unpaired) electrons. The van der Waals surface area contributed by atoms with Gasteiger partial charge in [0.15, 0.2) is 0 Å². The van der Waals surface area contributed by atoms with Crippen molar-refractivity contribution in [2.75, 3.05) is 11.9 Å². The summed E-state index contributed by atoms with van der Waals surface area (Å²) >= 11 is 0. The van der Waals surface area contributed by atoms with Crippen LogP contribution in [-0.4, -0.2) is 6.54 Å². The SMILES string of the molecule is CCCCCCCCNc1ccccc1C(C)(C)C. The highest BCUT2D eigenvalue weighted by molar-refractivity contribution is 5.54. The summed E-state index contributed by atoms with van der Waals surface area (Å²) in [5.41, 5.74) is 2.94. The van der Waals surface area contributed by atoms with E-state index < -0.39 is 0 Å². The quantitative estimate of drug-likeness (QED) is 0.587. The number of unbranched alkanes of at least 4 members (excludes halogenated alkanes) is 5. The molecule has 0 bridgehead atoms. The first-order valence-electron chi connectivity index (χ1n) is 7.89. The highest BCUT2D eigenvalue weighted by atomic mass is 14.9. The van der Waals surface area contributed by atoms with E-state index in [9.17, 15) is 0 Å². The van der Waals surface area contributed by atoms with E-state index in [4.69, 9.17) is 0 Å². The molecule has 0 aliphatic rings. The normalized spacial score (nSPS) is 11.6. The molecule has 0 saturated carbocycles. The lowest BCUT2D eigenvalue weighted by Crippen LogP contribution is -2.15. The fourth-order valence-corrected chi connectivity index (χ4v) is 2.42. The average Bonchev–Trinajstić information content (AvgIpc) is 2.37. The van der Waals surface area contributed by atoms with E-state index in [1.807, 2.05) is 0 Å². The zero-order valence-electron chi connectivity index (χ0n) is 13.3. The number of anilines is 1. The average molecular weight is 261 g/mol. The lowest BCUT2D eigenvalue weighted by Gasteiger charge is -2.23. The van der Waals surface area contributed by atoms with Crippen molar-refractivity contribution < 1.29 is 0 Å². The molecule has 0 saturated heterocycles. The summed E-state index contributed by atoms with van der Waals surface area (Å²) in [4.78, 5) is 0. The van der Waals surface area contributed by atoms with Crippen LogP contribution in [0, 0.1) is 0 Å². The predicted octanol–water partition coefficient (Wildman–Crippen LogP) is 5.76. The van der Waals surface area contributed by atoms with Crippen LogP contribution in [-0.2, 0) is 5.41 Å². The molecule has 108 valence electrons. The highest BCUT2D eigenvalue weighted by Crippen LogP contribution is 2.29. The van der Waals surface area contributed by atoms with Crippen LogP contribution in [0.5, 0.6) is 0 Å². The van der Waals surface area contributed by atoms with Gasteiger partial charge in [-0.1, -0.05) is 78.0 Å². The van der Waals surface area contributed by atoms with Gasteiger partial charge in [0.2, 0.25) is 0 Å². The van der Waals surface area contributed by atoms with E-state index in [2.05, 4.69) is 57.3 Å². The Morgan fingerprint density at radius 2 is 1.53 bits per heavy atom. The van der Waals surface area contributed by atoms with Crippen LogP contribution in [0.3, 0.4) is 0 Å². The van der Waals surface area contributed by atoms with Crippen LogP contribution in [0.2, 0.25) is 0 Å². The number of para-hydroxylation sites is 1. The Kier molecular flexibility index (Phi) is 6.97. The predicted molar refractivity (Wildman–Crippen MR) is 87.0 cm³/mol. The maximum Gasteiger partial charge on any atom is 0.0378 e. The Morgan fingerprint density at radius 3 is 2.21 bits per heavy atom. The minimum Gasteiger partial charge on any atom is -0.385 e. The Morgan fingerprint density at radius 1 is 0.895 bits per heavy atom. The van der Waals surface area contributed by atoms with Crippen molar-refractivity contribution in [2.45, 2.75) is 71.6 Å². The molecule has 1 heteroatoms. The molecule has 0 aliphatic carbocycles. The summed E-state index contributed by atoms with van der Waals surface area (Å²) in [5.74, 6) is 0. The first kappa shape index (κ1) is 16.1. The van der Waals surface area contributed by atoms with E-state index in [1.165, 1.54) is 49.8 Å². The first-order chi connectivity index (χ1) is 9.05. The summed E-state index contributed by atoms with van der Waals surface area (Å²) < 4.78 is 0. The molecule has 0 heterocycles. The summed E-state index contributed by atoms with van der Waals surface area (Å²) in [7, 11) is 0.